The molecule has 0 radical (unpaired) electrons. The van der Waals surface area contributed by atoms with Gasteiger partial charge in [0.2, 0.25) is 5.91 Å². The molecule has 0 bridgehead atoms. The molecule has 6 heteroatoms. The van der Waals surface area contributed by atoms with Gasteiger partial charge in [-0.2, -0.15) is 0 Å². The van der Waals surface area contributed by atoms with Gasteiger partial charge in [0.05, 0.1) is 25.2 Å². The van der Waals surface area contributed by atoms with E-state index in [1.54, 1.807) is 14.2 Å². The van der Waals surface area contributed by atoms with Crippen molar-refractivity contribution in [3.63, 3.8) is 0 Å². The van der Waals surface area contributed by atoms with E-state index in [4.69, 9.17) is 15.2 Å². The van der Waals surface area contributed by atoms with Crippen LogP contribution in [-0.4, -0.2) is 37.6 Å². The Kier molecular flexibility index (Phi) is 6.29. The maximum Gasteiger partial charge on any atom is 0.231 e. The zero-order valence-electron chi connectivity index (χ0n) is 12.3. The first kappa shape index (κ1) is 16.8. The van der Waals surface area contributed by atoms with E-state index in [0.29, 0.717) is 18.0 Å². The van der Waals surface area contributed by atoms with Crippen LogP contribution in [0.4, 0.5) is 0 Å². The summed E-state index contributed by atoms with van der Waals surface area (Å²) in [6, 6.07) is 4.08. The van der Waals surface area contributed by atoms with Crippen LogP contribution in [-0.2, 0) is 11.3 Å². The molecular formula is C14H21BrN2O3. The average Bonchev–Trinajstić information content (AvgIpc) is 2.36. The maximum atomic E-state index is 11.1. The number of carbonyl (C=O) groups excluding carboxylic acids is 1. The summed E-state index contributed by atoms with van der Waals surface area (Å²) >= 11 is 3.46. The van der Waals surface area contributed by atoms with E-state index in [2.05, 4.69) is 15.9 Å². The van der Waals surface area contributed by atoms with Crippen molar-refractivity contribution in [2.45, 2.75) is 26.4 Å². The van der Waals surface area contributed by atoms with Crippen LogP contribution in [0.2, 0.25) is 0 Å². The largest absolute Gasteiger partial charge is 0.493 e. The monoisotopic (exact) mass is 344 g/mol. The summed E-state index contributed by atoms with van der Waals surface area (Å²) in [5.41, 5.74) is 6.30. The molecule has 0 aliphatic carbocycles. The zero-order chi connectivity index (χ0) is 15.3. The average molecular weight is 345 g/mol. The van der Waals surface area contributed by atoms with E-state index < -0.39 is 0 Å². The highest BCUT2D eigenvalue weighted by Gasteiger charge is 2.16. The molecule has 1 amide bonds. The van der Waals surface area contributed by atoms with E-state index in [1.165, 1.54) is 0 Å². The van der Waals surface area contributed by atoms with Crippen LogP contribution in [0.1, 0.15) is 19.4 Å². The number of nitrogens with two attached hydrogens (primary N) is 1. The minimum absolute atomic E-state index is 0.217. The quantitative estimate of drug-likeness (QED) is 0.823. The molecule has 5 nitrogen and oxygen atoms in total. The summed E-state index contributed by atoms with van der Waals surface area (Å²) in [7, 11) is 3.19. The van der Waals surface area contributed by atoms with Crippen molar-refractivity contribution in [3.8, 4) is 11.5 Å². The number of carbonyl (C=O) groups is 1. The van der Waals surface area contributed by atoms with Crippen LogP contribution in [0.15, 0.2) is 16.6 Å². The van der Waals surface area contributed by atoms with Gasteiger partial charge in [-0.05, 0) is 47.5 Å². The molecule has 1 aromatic carbocycles. The third-order valence-electron chi connectivity index (χ3n) is 2.97. The lowest BCUT2D eigenvalue weighted by Gasteiger charge is -2.25. The third-order valence-corrected chi connectivity index (χ3v) is 3.56. The fraction of sp³-hybridized carbons (Fsp3) is 0.500. The summed E-state index contributed by atoms with van der Waals surface area (Å²) in [5, 5.41) is 0. The first-order chi connectivity index (χ1) is 9.38. The van der Waals surface area contributed by atoms with E-state index in [9.17, 15) is 4.79 Å². The fourth-order valence-corrected chi connectivity index (χ4v) is 2.57. The van der Waals surface area contributed by atoms with Gasteiger partial charge in [0.25, 0.3) is 0 Å². The Morgan fingerprint density at radius 2 is 2.00 bits per heavy atom. The van der Waals surface area contributed by atoms with Gasteiger partial charge in [-0.3, -0.25) is 9.69 Å². The molecule has 2 N–H and O–H groups in total. The van der Waals surface area contributed by atoms with Gasteiger partial charge in [0, 0.05) is 12.6 Å². The van der Waals surface area contributed by atoms with Crippen molar-refractivity contribution in [2.24, 2.45) is 5.73 Å². The Bertz CT molecular complexity index is 478. The summed E-state index contributed by atoms with van der Waals surface area (Å²) < 4.78 is 11.4. The van der Waals surface area contributed by atoms with Gasteiger partial charge in [-0.1, -0.05) is 0 Å². The number of amides is 1. The number of rotatable bonds is 7. The molecule has 0 aliphatic heterocycles. The number of halogens is 1. The predicted molar refractivity (Wildman–Crippen MR) is 82.0 cm³/mol. The number of methoxy groups -OCH3 is 2. The number of hydrogen-bond donors (Lipinski definition) is 1. The van der Waals surface area contributed by atoms with Crippen LogP contribution < -0.4 is 15.2 Å². The van der Waals surface area contributed by atoms with E-state index in [-0.39, 0.29) is 18.5 Å². The Balaban J connectivity index is 3.01. The van der Waals surface area contributed by atoms with Crippen molar-refractivity contribution in [2.75, 3.05) is 20.8 Å². The van der Waals surface area contributed by atoms with Crippen molar-refractivity contribution in [3.05, 3.63) is 22.2 Å². The SMILES string of the molecule is COc1cc(CN(CC(N)=O)C(C)C)cc(Br)c1OC. The van der Waals surface area contributed by atoms with E-state index >= 15 is 0 Å². The normalized spacial score (nSPS) is 10.9. The first-order valence-corrected chi connectivity index (χ1v) is 7.11. The Hall–Kier alpha value is -1.27. The summed E-state index contributed by atoms with van der Waals surface area (Å²) in [6.07, 6.45) is 0. The van der Waals surface area contributed by atoms with Crippen molar-refractivity contribution in [1.29, 1.82) is 0 Å². The molecule has 1 rings (SSSR count). The van der Waals surface area contributed by atoms with Crippen LogP contribution in [0, 0.1) is 0 Å². The smallest absolute Gasteiger partial charge is 0.231 e. The molecule has 0 unspecified atom stereocenters. The third kappa shape index (κ3) is 4.38. The van der Waals surface area contributed by atoms with Gasteiger partial charge in [-0.15, -0.1) is 0 Å². The second-order valence-corrected chi connectivity index (χ2v) is 5.63. The minimum Gasteiger partial charge on any atom is -0.493 e. The molecule has 0 aromatic heterocycles. The number of benzene rings is 1. The number of primary amides is 1. The molecule has 20 heavy (non-hydrogen) atoms. The number of hydrogen-bond acceptors (Lipinski definition) is 4. The molecule has 0 spiro atoms. The molecule has 0 saturated heterocycles. The summed E-state index contributed by atoms with van der Waals surface area (Å²) in [6.45, 7) is 4.89. The molecular weight excluding hydrogens is 324 g/mol. The van der Waals surface area contributed by atoms with Gasteiger partial charge < -0.3 is 15.2 Å². The Morgan fingerprint density at radius 3 is 2.45 bits per heavy atom. The Labute approximate surface area is 128 Å². The number of ether oxygens (including phenoxy) is 2. The second kappa shape index (κ2) is 7.50. The highest BCUT2D eigenvalue weighted by molar-refractivity contribution is 9.10. The van der Waals surface area contributed by atoms with E-state index in [1.807, 2.05) is 30.9 Å². The molecule has 112 valence electrons. The molecule has 0 fully saturated rings. The van der Waals surface area contributed by atoms with Gasteiger partial charge in [0.15, 0.2) is 11.5 Å². The van der Waals surface area contributed by atoms with Gasteiger partial charge in [-0.25, -0.2) is 0 Å². The molecule has 0 aliphatic rings. The van der Waals surface area contributed by atoms with Crippen molar-refractivity contribution in [1.82, 2.24) is 4.90 Å². The lowest BCUT2D eigenvalue weighted by molar-refractivity contribution is -0.119. The predicted octanol–water partition coefficient (Wildman–Crippen LogP) is 2.16. The molecule has 1 aromatic rings. The molecule has 0 atom stereocenters. The van der Waals surface area contributed by atoms with Crippen LogP contribution in [0.5, 0.6) is 11.5 Å². The van der Waals surface area contributed by atoms with Gasteiger partial charge >= 0.3 is 0 Å². The van der Waals surface area contributed by atoms with E-state index in [0.717, 1.165) is 10.0 Å². The second-order valence-electron chi connectivity index (χ2n) is 4.78. The molecule has 0 saturated carbocycles. The highest BCUT2D eigenvalue weighted by atomic mass is 79.9. The Morgan fingerprint density at radius 1 is 1.35 bits per heavy atom. The van der Waals surface area contributed by atoms with Crippen molar-refractivity contribution >= 4 is 21.8 Å². The topological polar surface area (TPSA) is 64.8 Å². The lowest BCUT2D eigenvalue weighted by Crippen LogP contribution is -2.37. The maximum absolute atomic E-state index is 11.1. The highest BCUT2D eigenvalue weighted by Crippen LogP contribution is 2.36. The van der Waals surface area contributed by atoms with Crippen LogP contribution in [0.25, 0.3) is 0 Å². The fourth-order valence-electron chi connectivity index (χ4n) is 1.92. The van der Waals surface area contributed by atoms with Crippen LogP contribution >= 0.6 is 15.9 Å². The van der Waals surface area contributed by atoms with Crippen LogP contribution in [0.3, 0.4) is 0 Å². The lowest BCUT2D eigenvalue weighted by atomic mass is 10.1. The van der Waals surface area contributed by atoms with Gasteiger partial charge in [0.1, 0.15) is 0 Å². The van der Waals surface area contributed by atoms with Crippen molar-refractivity contribution < 1.29 is 14.3 Å². The summed E-state index contributed by atoms with van der Waals surface area (Å²) in [4.78, 5) is 13.1. The number of nitrogens with zero attached hydrogens (tertiary/aromatic N) is 1. The minimum atomic E-state index is -0.335. The first-order valence-electron chi connectivity index (χ1n) is 6.31. The molecule has 0 heterocycles. The standard InChI is InChI=1S/C14H21BrN2O3/c1-9(2)17(8-13(16)18)7-10-5-11(15)14(20-4)12(6-10)19-3/h5-6,9H,7-8H2,1-4H3,(H2,16,18). The summed E-state index contributed by atoms with van der Waals surface area (Å²) in [5.74, 6) is 0.972. The zero-order valence-corrected chi connectivity index (χ0v) is 13.9.